The highest BCUT2D eigenvalue weighted by molar-refractivity contribution is 9.10. The number of hydrogen-bond acceptors (Lipinski definition) is 3. The standard InChI is InChI=1S/C19H19BrN2O3/c1-22(13-18(23)21-16-7-4-6-15(20)12-16)19(24)10-9-14-5-3-8-17(11-14)25-2/h3-12H,13H2,1-2H3,(H,21,23)/b10-9+. The van der Waals surface area contributed by atoms with Crippen molar-refractivity contribution in [3.05, 3.63) is 64.6 Å². The van der Waals surface area contributed by atoms with E-state index in [1.165, 1.54) is 11.0 Å². The molecule has 0 saturated carbocycles. The van der Waals surface area contributed by atoms with E-state index in [0.717, 1.165) is 15.8 Å². The van der Waals surface area contributed by atoms with E-state index in [1.54, 1.807) is 32.4 Å². The fourth-order valence-electron chi connectivity index (χ4n) is 2.10. The maximum absolute atomic E-state index is 12.1. The van der Waals surface area contributed by atoms with Gasteiger partial charge in [0.25, 0.3) is 0 Å². The Kier molecular flexibility index (Phi) is 6.77. The van der Waals surface area contributed by atoms with Crippen LogP contribution in [0.5, 0.6) is 5.75 Å². The number of ether oxygens (including phenoxy) is 1. The van der Waals surface area contributed by atoms with Gasteiger partial charge >= 0.3 is 0 Å². The summed E-state index contributed by atoms with van der Waals surface area (Å²) in [5, 5.41) is 2.75. The average Bonchev–Trinajstić information content (AvgIpc) is 2.59. The molecule has 2 aromatic carbocycles. The molecule has 2 rings (SSSR count). The van der Waals surface area contributed by atoms with E-state index in [9.17, 15) is 9.59 Å². The molecule has 0 heterocycles. The molecular formula is C19H19BrN2O3. The average molecular weight is 403 g/mol. The van der Waals surface area contributed by atoms with Crippen LogP contribution in [0.4, 0.5) is 5.69 Å². The first-order valence-corrected chi connectivity index (χ1v) is 8.40. The number of halogens is 1. The van der Waals surface area contributed by atoms with Crippen LogP contribution < -0.4 is 10.1 Å². The fourth-order valence-corrected chi connectivity index (χ4v) is 2.50. The molecule has 2 aromatic rings. The maximum Gasteiger partial charge on any atom is 0.246 e. The van der Waals surface area contributed by atoms with Crippen molar-refractivity contribution >= 4 is 39.5 Å². The van der Waals surface area contributed by atoms with Crippen molar-refractivity contribution in [2.45, 2.75) is 0 Å². The van der Waals surface area contributed by atoms with Gasteiger partial charge in [0.05, 0.1) is 13.7 Å². The van der Waals surface area contributed by atoms with Crippen LogP contribution in [0.2, 0.25) is 0 Å². The second-order valence-corrected chi connectivity index (χ2v) is 6.28. The number of nitrogens with zero attached hydrogens (tertiary/aromatic N) is 1. The molecule has 0 spiro atoms. The quantitative estimate of drug-likeness (QED) is 0.751. The van der Waals surface area contributed by atoms with Gasteiger partial charge in [0.2, 0.25) is 11.8 Å². The van der Waals surface area contributed by atoms with E-state index in [1.807, 2.05) is 36.4 Å². The second-order valence-electron chi connectivity index (χ2n) is 5.36. The van der Waals surface area contributed by atoms with Crippen molar-refractivity contribution in [2.75, 3.05) is 26.0 Å². The first kappa shape index (κ1) is 18.7. The molecule has 0 fully saturated rings. The molecule has 0 aromatic heterocycles. The van der Waals surface area contributed by atoms with E-state index in [4.69, 9.17) is 4.74 Å². The molecule has 25 heavy (non-hydrogen) atoms. The van der Waals surface area contributed by atoms with Crippen molar-refractivity contribution in [1.82, 2.24) is 4.90 Å². The Hall–Kier alpha value is -2.60. The number of carbonyl (C=O) groups excluding carboxylic acids is 2. The zero-order valence-electron chi connectivity index (χ0n) is 14.0. The summed E-state index contributed by atoms with van der Waals surface area (Å²) in [6.07, 6.45) is 3.12. The van der Waals surface area contributed by atoms with E-state index in [2.05, 4.69) is 21.2 Å². The molecule has 2 amide bonds. The minimum Gasteiger partial charge on any atom is -0.497 e. The summed E-state index contributed by atoms with van der Waals surface area (Å²) in [5.74, 6) is 0.201. The van der Waals surface area contributed by atoms with Crippen LogP contribution in [0.15, 0.2) is 59.1 Å². The first-order chi connectivity index (χ1) is 12.0. The minimum atomic E-state index is -0.260. The summed E-state index contributed by atoms with van der Waals surface area (Å²) in [7, 11) is 3.17. The summed E-state index contributed by atoms with van der Waals surface area (Å²) >= 11 is 3.35. The monoisotopic (exact) mass is 402 g/mol. The molecule has 0 radical (unpaired) electrons. The van der Waals surface area contributed by atoms with Crippen molar-refractivity contribution in [1.29, 1.82) is 0 Å². The zero-order chi connectivity index (χ0) is 18.2. The second kappa shape index (κ2) is 9.03. The van der Waals surface area contributed by atoms with Crippen molar-refractivity contribution in [2.24, 2.45) is 0 Å². The van der Waals surface area contributed by atoms with Crippen molar-refractivity contribution in [3.63, 3.8) is 0 Å². The lowest BCUT2D eigenvalue weighted by Gasteiger charge is -2.15. The lowest BCUT2D eigenvalue weighted by molar-refractivity contribution is -0.129. The lowest BCUT2D eigenvalue weighted by atomic mass is 10.2. The van der Waals surface area contributed by atoms with Gasteiger partial charge in [0, 0.05) is 23.3 Å². The molecule has 0 aliphatic carbocycles. The van der Waals surface area contributed by atoms with Gasteiger partial charge in [-0.25, -0.2) is 0 Å². The van der Waals surface area contributed by atoms with Gasteiger partial charge in [0.15, 0.2) is 0 Å². The molecular weight excluding hydrogens is 384 g/mol. The smallest absolute Gasteiger partial charge is 0.246 e. The number of likely N-dealkylation sites (N-methyl/N-ethyl adjacent to an activating group) is 1. The first-order valence-electron chi connectivity index (χ1n) is 7.60. The third-order valence-corrected chi connectivity index (χ3v) is 3.87. The molecule has 0 aliphatic heterocycles. The molecule has 0 saturated heterocycles. The van der Waals surface area contributed by atoms with Crippen LogP contribution in [-0.4, -0.2) is 37.4 Å². The van der Waals surface area contributed by atoms with Crippen LogP contribution in [0, 0.1) is 0 Å². The number of carbonyl (C=O) groups is 2. The van der Waals surface area contributed by atoms with E-state index in [0.29, 0.717) is 5.69 Å². The highest BCUT2D eigenvalue weighted by Crippen LogP contribution is 2.16. The Morgan fingerprint density at radius 1 is 1.20 bits per heavy atom. The number of hydrogen-bond donors (Lipinski definition) is 1. The van der Waals surface area contributed by atoms with Crippen LogP contribution in [0.3, 0.4) is 0 Å². The van der Waals surface area contributed by atoms with Gasteiger partial charge < -0.3 is 15.0 Å². The third kappa shape index (κ3) is 6.08. The number of benzene rings is 2. The molecule has 6 heteroatoms. The van der Waals surface area contributed by atoms with E-state index >= 15 is 0 Å². The summed E-state index contributed by atoms with van der Waals surface area (Å²) < 4.78 is 6.01. The van der Waals surface area contributed by atoms with Gasteiger partial charge in [-0.15, -0.1) is 0 Å². The van der Waals surface area contributed by atoms with Crippen LogP contribution in [0.1, 0.15) is 5.56 Å². The Bertz CT molecular complexity index is 790. The number of rotatable bonds is 6. The Balaban J connectivity index is 1.90. The molecule has 0 atom stereocenters. The Morgan fingerprint density at radius 3 is 2.68 bits per heavy atom. The largest absolute Gasteiger partial charge is 0.497 e. The van der Waals surface area contributed by atoms with Crippen LogP contribution in [-0.2, 0) is 9.59 Å². The van der Waals surface area contributed by atoms with Gasteiger partial charge in [-0.1, -0.05) is 34.1 Å². The summed E-state index contributed by atoms with van der Waals surface area (Å²) in [6, 6.07) is 14.6. The van der Waals surface area contributed by atoms with Crippen molar-refractivity contribution < 1.29 is 14.3 Å². The number of anilines is 1. The van der Waals surface area contributed by atoms with Gasteiger partial charge in [0.1, 0.15) is 5.75 Å². The maximum atomic E-state index is 12.1. The molecule has 5 nitrogen and oxygen atoms in total. The number of nitrogens with one attached hydrogen (secondary N) is 1. The van der Waals surface area contributed by atoms with E-state index in [-0.39, 0.29) is 18.4 Å². The van der Waals surface area contributed by atoms with Crippen molar-refractivity contribution in [3.8, 4) is 5.75 Å². The number of amides is 2. The van der Waals surface area contributed by atoms with Gasteiger partial charge in [-0.05, 0) is 42.0 Å². The SMILES string of the molecule is COc1cccc(/C=C/C(=O)N(C)CC(=O)Nc2cccc(Br)c2)c1. The Morgan fingerprint density at radius 2 is 1.96 bits per heavy atom. The van der Waals surface area contributed by atoms with Crippen LogP contribution in [0.25, 0.3) is 6.08 Å². The lowest BCUT2D eigenvalue weighted by Crippen LogP contribution is -2.33. The Labute approximate surface area is 155 Å². The normalized spacial score (nSPS) is 10.5. The highest BCUT2D eigenvalue weighted by atomic mass is 79.9. The van der Waals surface area contributed by atoms with Crippen LogP contribution >= 0.6 is 15.9 Å². The molecule has 0 aliphatic rings. The zero-order valence-corrected chi connectivity index (χ0v) is 15.6. The predicted molar refractivity (Wildman–Crippen MR) is 102 cm³/mol. The predicted octanol–water partition coefficient (Wildman–Crippen LogP) is 3.57. The van der Waals surface area contributed by atoms with Gasteiger partial charge in [-0.3, -0.25) is 9.59 Å². The highest BCUT2D eigenvalue weighted by Gasteiger charge is 2.10. The molecule has 1 N–H and O–H groups in total. The molecule has 130 valence electrons. The topological polar surface area (TPSA) is 58.6 Å². The number of methoxy groups -OCH3 is 1. The summed E-state index contributed by atoms with van der Waals surface area (Å²) in [4.78, 5) is 25.5. The fraction of sp³-hybridized carbons (Fsp3) is 0.158. The van der Waals surface area contributed by atoms with E-state index < -0.39 is 0 Å². The summed E-state index contributed by atoms with van der Waals surface area (Å²) in [5.41, 5.74) is 1.52. The minimum absolute atomic E-state index is 0.0339. The molecule has 0 unspecified atom stereocenters. The molecule has 0 bridgehead atoms. The van der Waals surface area contributed by atoms with Gasteiger partial charge in [-0.2, -0.15) is 0 Å². The third-order valence-electron chi connectivity index (χ3n) is 3.38. The summed E-state index contributed by atoms with van der Waals surface area (Å²) in [6.45, 7) is -0.0339.